The van der Waals surface area contributed by atoms with Crippen LogP contribution >= 0.6 is 0 Å². The van der Waals surface area contributed by atoms with Crippen molar-refractivity contribution in [3.63, 3.8) is 0 Å². The fourth-order valence-electron chi connectivity index (χ4n) is 5.26. The molecular formula is C27H33N7O2. The number of nitrogens with zero attached hydrogens (tertiary/aromatic N) is 6. The first-order valence-electron chi connectivity index (χ1n) is 12.9. The minimum Gasteiger partial charge on any atom is -0.494 e. The molecule has 0 amide bonds. The van der Waals surface area contributed by atoms with E-state index in [4.69, 9.17) is 4.74 Å². The van der Waals surface area contributed by atoms with Crippen molar-refractivity contribution >= 4 is 10.9 Å². The lowest BCUT2D eigenvalue weighted by molar-refractivity contribution is 0.158. The summed E-state index contributed by atoms with van der Waals surface area (Å²) in [5.74, 6) is 1.65. The number of aromatic amines is 1. The molecule has 0 spiro atoms. The number of benzene rings is 1. The van der Waals surface area contributed by atoms with Crippen molar-refractivity contribution < 1.29 is 4.74 Å². The van der Waals surface area contributed by atoms with Gasteiger partial charge in [0.2, 0.25) is 0 Å². The van der Waals surface area contributed by atoms with E-state index in [0.29, 0.717) is 31.3 Å². The van der Waals surface area contributed by atoms with Crippen LogP contribution in [0.2, 0.25) is 0 Å². The molecule has 1 saturated carbocycles. The Bertz CT molecular complexity index is 1350. The second-order valence-electron chi connectivity index (χ2n) is 9.42. The standard InChI is InChI=1S/C27H33N7O2/c1-3-25(26-30-31-32-34(26)22-9-5-6-10-22)33(17-19-8-7-13-28-16-19)18-21-14-20-15-23(36-4-2)11-12-24(20)29-27(21)35/h7-8,11-16,22,25H,3-6,9-10,17-18H2,1-2H3,(H,29,35). The van der Waals surface area contributed by atoms with Gasteiger partial charge < -0.3 is 9.72 Å². The molecule has 9 heteroatoms. The third-order valence-corrected chi connectivity index (χ3v) is 7.00. The molecule has 4 aromatic rings. The van der Waals surface area contributed by atoms with Gasteiger partial charge in [0.25, 0.3) is 5.56 Å². The number of aromatic nitrogens is 6. The summed E-state index contributed by atoms with van der Waals surface area (Å²) in [5.41, 5.74) is 2.47. The maximum absolute atomic E-state index is 13.1. The topological polar surface area (TPSA) is 102 Å². The molecule has 1 N–H and O–H groups in total. The molecule has 1 atom stereocenters. The summed E-state index contributed by atoms with van der Waals surface area (Å²) in [6, 6.07) is 12.0. The normalized spacial score (nSPS) is 15.1. The van der Waals surface area contributed by atoms with E-state index >= 15 is 0 Å². The maximum atomic E-state index is 13.1. The molecule has 36 heavy (non-hydrogen) atoms. The minimum absolute atomic E-state index is 0.0503. The van der Waals surface area contributed by atoms with Gasteiger partial charge in [-0.2, -0.15) is 0 Å². The van der Waals surface area contributed by atoms with Gasteiger partial charge in [0.1, 0.15) is 5.75 Å². The highest BCUT2D eigenvalue weighted by molar-refractivity contribution is 5.80. The molecule has 1 fully saturated rings. The summed E-state index contributed by atoms with van der Waals surface area (Å²) < 4.78 is 7.70. The third-order valence-electron chi connectivity index (χ3n) is 7.00. The van der Waals surface area contributed by atoms with Crippen molar-refractivity contribution in [1.82, 2.24) is 35.1 Å². The van der Waals surface area contributed by atoms with Crippen LogP contribution in [0.25, 0.3) is 10.9 Å². The number of hydrogen-bond donors (Lipinski definition) is 1. The Balaban J connectivity index is 1.52. The van der Waals surface area contributed by atoms with E-state index in [-0.39, 0.29) is 11.6 Å². The Hall–Kier alpha value is -3.59. The fraction of sp³-hybridized carbons (Fsp3) is 0.444. The quantitative estimate of drug-likeness (QED) is 0.349. The van der Waals surface area contributed by atoms with Gasteiger partial charge in [-0.25, -0.2) is 4.68 Å². The van der Waals surface area contributed by atoms with Gasteiger partial charge in [-0.1, -0.05) is 25.8 Å². The van der Waals surface area contributed by atoms with Gasteiger partial charge in [0.05, 0.1) is 18.7 Å². The lowest BCUT2D eigenvalue weighted by Gasteiger charge is -2.31. The second kappa shape index (κ2) is 11.0. The third kappa shape index (κ3) is 5.16. The number of tetrazole rings is 1. The first-order chi connectivity index (χ1) is 17.7. The van der Waals surface area contributed by atoms with Gasteiger partial charge in [-0.15, -0.1) is 5.10 Å². The summed E-state index contributed by atoms with van der Waals surface area (Å²) >= 11 is 0. The highest BCUT2D eigenvalue weighted by atomic mass is 16.5. The molecule has 9 nitrogen and oxygen atoms in total. The number of hydrogen-bond acceptors (Lipinski definition) is 7. The van der Waals surface area contributed by atoms with Crippen LogP contribution in [0, 0.1) is 0 Å². The van der Waals surface area contributed by atoms with Gasteiger partial charge in [-0.05, 0) is 72.5 Å². The monoisotopic (exact) mass is 487 g/mol. The van der Waals surface area contributed by atoms with Crippen LogP contribution in [-0.4, -0.2) is 41.7 Å². The predicted octanol–water partition coefficient (Wildman–Crippen LogP) is 4.58. The average Bonchev–Trinajstić information content (AvgIpc) is 3.58. The molecule has 0 saturated heterocycles. The first kappa shape index (κ1) is 24.1. The first-order valence-corrected chi connectivity index (χ1v) is 12.9. The van der Waals surface area contributed by atoms with E-state index < -0.39 is 0 Å². The summed E-state index contributed by atoms with van der Waals surface area (Å²) in [6.45, 7) is 5.78. The van der Waals surface area contributed by atoms with Crippen molar-refractivity contribution in [2.75, 3.05) is 6.61 Å². The van der Waals surface area contributed by atoms with Crippen LogP contribution in [-0.2, 0) is 13.1 Å². The lowest BCUT2D eigenvalue weighted by atomic mass is 10.1. The minimum atomic E-state index is -0.0897. The van der Waals surface area contributed by atoms with E-state index in [0.717, 1.165) is 47.3 Å². The van der Waals surface area contributed by atoms with Crippen LogP contribution in [0.15, 0.2) is 53.6 Å². The SMILES string of the molecule is CCOc1ccc2[nH]c(=O)c(CN(Cc3cccnc3)C(CC)c3nnnn3C3CCCC3)cc2c1. The molecule has 3 aromatic heterocycles. The smallest absolute Gasteiger partial charge is 0.252 e. The Morgan fingerprint density at radius 2 is 2.03 bits per heavy atom. The largest absolute Gasteiger partial charge is 0.494 e. The van der Waals surface area contributed by atoms with E-state index in [1.54, 1.807) is 6.20 Å². The van der Waals surface area contributed by atoms with Gasteiger partial charge in [0.15, 0.2) is 5.82 Å². The predicted molar refractivity (Wildman–Crippen MR) is 138 cm³/mol. The zero-order chi connectivity index (χ0) is 24.9. The van der Waals surface area contributed by atoms with Crippen molar-refractivity contribution in [1.29, 1.82) is 0 Å². The molecule has 3 heterocycles. The number of rotatable bonds is 10. The zero-order valence-electron chi connectivity index (χ0n) is 20.9. The van der Waals surface area contributed by atoms with E-state index in [2.05, 4.69) is 43.4 Å². The molecule has 188 valence electrons. The molecule has 1 aliphatic carbocycles. The molecule has 0 aliphatic heterocycles. The summed E-state index contributed by atoms with van der Waals surface area (Å²) in [4.78, 5) is 22.8. The summed E-state index contributed by atoms with van der Waals surface area (Å²) in [5, 5.41) is 13.9. The highest BCUT2D eigenvalue weighted by Crippen LogP contribution is 2.33. The van der Waals surface area contributed by atoms with E-state index in [1.807, 2.05) is 48.1 Å². The maximum Gasteiger partial charge on any atom is 0.252 e. The Kier molecular flexibility index (Phi) is 7.36. The lowest BCUT2D eigenvalue weighted by Crippen LogP contribution is -2.32. The van der Waals surface area contributed by atoms with Crippen LogP contribution in [0.5, 0.6) is 5.75 Å². The zero-order valence-corrected chi connectivity index (χ0v) is 20.9. The number of ether oxygens (including phenoxy) is 1. The highest BCUT2D eigenvalue weighted by Gasteiger charge is 2.29. The molecule has 0 radical (unpaired) electrons. The van der Waals surface area contributed by atoms with Crippen molar-refractivity contribution in [3.05, 3.63) is 76.1 Å². The number of fused-ring (bicyclic) bond motifs is 1. The van der Waals surface area contributed by atoms with Crippen molar-refractivity contribution in [3.8, 4) is 5.75 Å². The Morgan fingerprint density at radius 1 is 1.17 bits per heavy atom. The van der Waals surface area contributed by atoms with Crippen LogP contribution in [0.4, 0.5) is 0 Å². The average molecular weight is 488 g/mol. The fourth-order valence-corrected chi connectivity index (χ4v) is 5.26. The Labute approximate surface area is 210 Å². The molecule has 1 aromatic carbocycles. The van der Waals surface area contributed by atoms with Gasteiger partial charge in [-0.3, -0.25) is 14.7 Å². The number of pyridine rings is 2. The molecule has 1 unspecified atom stereocenters. The molecule has 1 aliphatic rings. The Morgan fingerprint density at radius 3 is 2.78 bits per heavy atom. The summed E-state index contributed by atoms with van der Waals surface area (Å²) in [6.07, 6.45) is 9.07. The van der Waals surface area contributed by atoms with Crippen LogP contribution in [0.1, 0.15) is 75.0 Å². The molecular weight excluding hydrogens is 454 g/mol. The number of H-pyrrole nitrogens is 1. The van der Waals surface area contributed by atoms with Gasteiger partial charge >= 0.3 is 0 Å². The van der Waals surface area contributed by atoms with Crippen LogP contribution in [0.3, 0.4) is 0 Å². The molecule has 5 rings (SSSR count). The second-order valence-corrected chi connectivity index (χ2v) is 9.42. The number of nitrogens with one attached hydrogen (secondary N) is 1. The van der Waals surface area contributed by atoms with E-state index in [1.165, 1.54) is 12.8 Å². The van der Waals surface area contributed by atoms with Gasteiger partial charge in [0, 0.05) is 41.9 Å². The summed E-state index contributed by atoms with van der Waals surface area (Å²) in [7, 11) is 0. The van der Waals surface area contributed by atoms with Crippen molar-refractivity contribution in [2.45, 2.75) is 71.1 Å². The van der Waals surface area contributed by atoms with E-state index in [9.17, 15) is 4.79 Å². The van der Waals surface area contributed by atoms with Crippen molar-refractivity contribution in [2.24, 2.45) is 0 Å². The van der Waals surface area contributed by atoms with Crippen LogP contribution < -0.4 is 10.3 Å². The molecule has 0 bridgehead atoms.